The first-order chi connectivity index (χ1) is 7.08. The van der Waals surface area contributed by atoms with Crippen LogP contribution in [0.1, 0.15) is 33.6 Å². The van der Waals surface area contributed by atoms with E-state index in [0.717, 1.165) is 6.42 Å². The average molecular weight is 251 g/mol. The number of amides is 1. The number of halogens is 1. The molecule has 1 amide bonds. The lowest BCUT2D eigenvalue weighted by Gasteiger charge is -2.37. The van der Waals surface area contributed by atoms with E-state index >= 15 is 0 Å². The summed E-state index contributed by atoms with van der Waals surface area (Å²) in [7, 11) is 0. The SMILES string of the molecule is CCC1CN(C(=O)[C@@H](N)CC)CC(C)O1.Cl. The van der Waals surface area contributed by atoms with Crippen LogP contribution in [0.15, 0.2) is 0 Å². The quantitative estimate of drug-likeness (QED) is 0.818. The molecule has 0 aromatic carbocycles. The summed E-state index contributed by atoms with van der Waals surface area (Å²) in [5.74, 6) is 0.0612. The molecule has 1 saturated heterocycles. The van der Waals surface area contributed by atoms with Crippen LogP contribution < -0.4 is 5.73 Å². The van der Waals surface area contributed by atoms with E-state index < -0.39 is 0 Å². The highest BCUT2D eigenvalue weighted by Crippen LogP contribution is 2.14. The summed E-state index contributed by atoms with van der Waals surface area (Å²) in [4.78, 5) is 13.7. The first-order valence-electron chi connectivity index (χ1n) is 5.78. The average Bonchev–Trinajstić information content (AvgIpc) is 2.26. The van der Waals surface area contributed by atoms with Gasteiger partial charge in [0.05, 0.1) is 18.2 Å². The van der Waals surface area contributed by atoms with Crippen LogP contribution in [0, 0.1) is 0 Å². The highest BCUT2D eigenvalue weighted by molar-refractivity contribution is 5.85. The Morgan fingerprint density at radius 1 is 1.50 bits per heavy atom. The molecule has 3 atom stereocenters. The number of rotatable bonds is 3. The summed E-state index contributed by atoms with van der Waals surface area (Å²) >= 11 is 0. The lowest BCUT2D eigenvalue weighted by molar-refractivity contribution is -0.145. The van der Waals surface area contributed by atoms with Crippen molar-refractivity contribution in [3.8, 4) is 0 Å². The maximum absolute atomic E-state index is 11.9. The Labute approximate surface area is 104 Å². The lowest BCUT2D eigenvalue weighted by atomic mass is 10.1. The maximum atomic E-state index is 11.9. The molecule has 4 nitrogen and oxygen atoms in total. The molecule has 0 spiro atoms. The fourth-order valence-corrected chi connectivity index (χ4v) is 1.86. The van der Waals surface area contributed by atoms with E-state index in [2.05, 4.69) is 6.92 Å². The largest absolute Gasteiger partial charge is 0.372 e. The van der Waals surface area contributed by atoms with Gasteiger partial charge in [0, 0.05) is 13.1 Å². The van der Waals surface area contributed by atoms with E-state index in [1.165, 1.54) is 0 Å². The summed E-state index contributed by atoms with van der Waals surface area (Å²) in [5.41, 5.74) is 5.75. The molecule has 1 aliphatic rings. The zero-order valence-corrected chi connectivity index (χ0v) is 11.1. The fourth-order valence-electron chi connectivity index (χ4n) is 1.86. The number of hydrogen-bond acceptors (Lipinski definition) is 3. The van der Waals surface area contributed by atoms with Crippen LogP contribution >= 0.6 is 12.4 Å². The van der Waals surface area contributed by atoms with Crippen molar-refractivity contribution < 1.29 is 9.53 Å². The standard InChI is InChI=1S/C11H22N2O2.ClH/c1-4-9-7-13(6-8(3)15-9)11(14)10(12)5-2;/h8-10H,4-7,12H2,1-3H3;1H/t8?,9?,10-;/m0./s1. The smallest absolute Gasteiger partial charge is 0.239 e. The van der Waals surface area contributed by atoms with Crippen LogP contribution in [-0.2, 0) is 9.53 Å². The molecule has 2 N–H and O–H groups in total. The van der Waals surface area contributed by atoms with Crippen molar-refractivity contribution in [2.24, 2.45) is 5.73 Å². The van der Waals surface area contributed by atoms with Crippen molar-refractivity contribution in [3.05, 3.63) is 0 Å². The molecule has 0 aliphatic carbocycles. The summed E-state index contributed by atoms with van der Waals surface area (Å²) in [6.45, 7) is 7.37. The predicted molar refractivity (Wildman–Crippen MR) is 66.7 cm³/mol. The van der Waals surface area contributed by atoms with Crippen LogP contribution in [0.5, 0.6) is 0 Å². The second-order valence-corrected chi connectivity index (χ2v) is 4.23. The number of morpholine rings is 1. The van der Waals surface area contributed by atoms with Gasteiger partial charge >= 0.3 is 0 Å². The van der Waals surface area contributed by atoms with Gasteiger partial charge in [0.2, 0.25) is 5.91 Å². The molecule has 0 aromatic heterocycles. The number of carbonyl (C=O) groups excluding carboxylic acids is 1. The van der Waals surface area contributed by atoms with Crippen molar-refractivity contribution in [1.29, 1.82) is 0 Å². The predicted octanol–water partition coefficient (Wildman–Crippen LogP) is 1.17. The molecule has 0 radical (unpaired) electrons. The van der Waals surface area contributed by atoms with Gasteiger partial charge < -0.3 is 15.4 Å². The van der Waals surface area contributed by atoms with Crippen LogP contribution in [0.2, 0.25) is 0 Å². The van der Waals surface area contributed by atoms with Crippen molar-refractivity contribution in [2.45, 2.75) is 51.9 Å². The van der Waals surface area contributed by atoms with E-state index in [0.29, 0.717) is 19.5 Å². The number of nitrogens with zero attached hydrogens (tertiary/aromatic N) is 1. The maximum Gasteiger partial charge on any atom is 0.239 e. The van der Waals surface area contributed by atoms with E-state index in [-0.39, 0.29) is 36.6 Å². The fraction of sp³-hybridized carbons (Fsp3) is 0.909. The van der Waals surface area contributed by atoms with Crippen LogP contribution in [0.4, 0.5) is 0 Å². The Kier molecular flexibility index (Phi) is 6.95. The lowest BCUT2D eigenvalue weighted by Crippen LogP contribution is -2.53. The normalized spacial score (nSPS) is 27.1. The Balaban J connectivity index is 0.00000225. The second-order valence-electron chi connectivity index (χ2n) is 4.23. The number of nitrogens with two attached hydrogens (primary N) is 1. The van der Waals surface area contributed by atoms with Gasteiger partial charge in [-0.25, -0.2) is 0 Å². The highest BCUT2D eigenvalue weighted by Gasteiger charge is 2.29. The van der Waals surface area contributed by atoms with Gasteiger partial charge in [0.1, 0.15) is 0 Å². The second kappa shape index (κ2) is 7.09. The van der Waals surface area contributed by atoms with Crippen molar-refractivity contribution >= 4 is 18.3 Å². The minimum atomic E-state index is -0.354. The summed E-state index contributed by atoms with van der Waals surface area (Å²) < 4.78 is 5.69. The summed E-state index contributed by atoms with van der Waals surface area (Å²) in [6, 6.07) is -0.354. The van der Waals surface area contributed by atoms with Gasteiger partial charge in [-0.2, -0.15) is 0 Å². The third-order valence-electron chi connectivity index (χ3n) is 2.85. The number of ether oxygens (including phenoxy) is 1. The molecule has 1 aliphatic heterocycles. The van der Waals surface area contributed by atoms with E-state index in [1.54, 1.807) is 0 Å². The molecule has 1 fully saturated rings. The molecule has 5 heteroatoms. The molecule has 1 rings (SSSR count). The van der Waals surface area contributed by atoms with E-state index in [4.69, 9.17) is 10.5 Å². The van der Waals surface area contributed by atoms with Gasteiger partial charge in [-0.1, -0.05) is 13.8 Å². The van der Waals surface area contributed by atoms with Gasteiger partial charge in [-0.05, 0) is 19.8 Å². The monoisotopic (exact) mass is 250 g/mol. The molecule has 0 bridgehead atoms. The van der Waals surface area contributed by atoms with Gasteiger partial charge in [-0.3, -0.25) is 4.79 Å². The van der Waals surface area contributed by atoms with Crippen LogP contribution in [-0.4, -0.2) is 42.1 Å². The van der Waals surface area contributed by atoms with Crippen molar-refractivity contribution in [2.75, 3.05) is 13.1 Å². The van der Waals surface area contributed by atoms with E-state index in [1.807, 2.05) is 18.7 Å². The van der Waals surface area contributed by atoms with Gasteiger partial charge in [-0.15, -0.1) is 12.4 Å². The van der Waals surface area contributed by atoms with Gasteiger partial charge in [0.25, 0.3) is 0 Å². The third-order valence-corrected chi connectivity index (χ3v) is 2.85. The molecular weight excluding hydrogens is 228 g/mol. The summed E-state index contributed by atoms with van der Waals surface area (Å²) in [5, 5.41) is 0. The van der Waals surface area contributed by atoms with E-state index in [9.17, 15) is 4.79 Å². The minimum absolute atomic E-state index is 0. The Morgan fingerprint density at radius 2 is 2.12 bits per heavy atom. The number of hydrogen-bond donors (Lipinski definition) is 1. The molecule has 16 heavy (non-hydrogen) atoms. The molecule has 0 saturated carbocycles. The van der Waals surface area contributed by atoms with Crippen molar-refractivity contribution in [3.63, 3.8) is 0 Å². The molecule has 0 aromatic rings. The Bertz CT molecular complexity index is 226. The summed E-state index contributed by atoms with van der Waals surface area (Å²) in [6.07, 6.45) is 1.93. The number of carbonyl (C=O) groups is 1. The minimum Gasteiger partial charge on any atom is -0.372 e. The Morgan fingerprint density at radius 3 is 2.62 bits per heavy atom. The zero-order valence-electron chi connectivity index (χ0n) is 10.3. The Hall–Kier alpha value is -0.320. The highest BCUT2D eigenvalue weighted by atomic mass is 35.5. The van der Waals surface area contributed by atoms with Crippen molar-refractivity contribution in [1.82, 2.24) is 4.90 Å². The molecular formula is C11H23ClN2O2. The third kappa shape index (κ3) is 3.92. The molecule has 2 unspecified atom stereocenters. The molecule has 1 heterocycles. The van der Waals surface area contributed by atoms with Crippen LogP contribution in [0.3, 0.4) is 0 Å². The topological polar surface area (TPSA) is 55.6 Å². The van der Waals surface area contributed by atoms with Gasteiger partial charge in [0.15, 0.2) is 0 Å². The first kappa shape index (κ1) is 15.7. The zero-order chi connectivity index (χ0) is 11.4. The first-order valence-corrected chi connectivity index (χ1v) is 5.78. The van der Waals surface area contributed by atoms with Crippen LogP contribution in [0.25, 0.3) is 0 Å². The molecule has 96 valence electrons.